The fraction of sp³-hybridized carbons (Fsp3) is 0.0588. The summed E-state index contributed by atoms with van der Waals surface area (Å²) in [6, 6.07) is 63.1. The van der Waals surface area contributed by atoms with E-state index < -0.39 is 0 Å². The Hall–Kier alpha value is -6.84. The van der Waals surface area contributed by atoms with Crippen molar-refractivity contribution < 1.29 is 8.83 Å². The minimum absolute atomic E-state index is 0.135. The number of para-hydroxylation sites is 2. The quantitative estimate of drug-likeness (QED) is 0.180. The average molecular weight is 694 g/mol. The van der Waals surface area contributed by atoms with Crippen molar-refractivity contribution in [2.45, 2.75) is 19.3 Å². The van der Waals surface area contributed by atoms with Crippen LogP contribution >= 0.6 is 0 Å². The van der Waals surface area contributed by atoms with Crippen molar-refractivity contribution in [1.29, 1.82) is 0 Å². The minimum Gasteiger partial charge on any atom is -0.456 e. The summed E-state index contributed by atoms with van der Waals surface area (Å²) < 4.78 is 13.0. The maximum Gasteiger partial charge on any atom is 0.143 e. The minimum atomic E-state index is -0.135. The molecule has 10 aromatic rings. The first-order valence-corrected chi connectivity index (χ1v) is 18.6. The highest BCUT2D eigenvalue weighted by molar-refractivity contribution is 6.13. The van der Waals surface area contributed by atoms with Crippen LogP contribution in [0.15, 0.2) is 185 Å². The van der Waals surface area contributed by atoms with Crippen molar-refractivity contribution in [1.82, 2.24) is 0 Å². The monoisotopic (exact) mass is 693 g/mol. The van der Waals surface area contributed by atoms with Gasteiger partial charge in [-0.15, -0.1) is 0 Å². The van der Waals surface area contributed by atoms with Crippen LogP contribution in [0.1, 0.15) is 25.0 Å². The van der Waals surface area contributed by atoms with Gasteiger partial charge in [0.15, 0.2) is 0 Å². The standard InChI is InChI=1S/C51H35NO2/c1-51(2)45-17-9-6-14-38(45)39-26-25-36(31-46(39)51)52(35-23-20-33(21-24-35)32-12-4-3-5-13-32)37-29-42(50-44(30-37)41-16-8-11-19-48(41)54-50)34-22-27-49-43(28-34)40-15-7-10-18-47(40)53-49/h3-31H,1-2H3. The van der Waals surface area contributed by atoms with Gasteiger partial charge < -0.3 is 13.7 Å². The lowest BCUT2D eigenvalue weighted by Gasteiger charge is -2.29. The summed E-state index contributed by atoms with van der Waals surface area (Å²) in [5.41, 5.74) is 16.4. The molecule has 0 atom stereocenters. The number of furan rings is 2. The number of hydrogen-bond acceptors (Lipinski definition) is 3. The fourth-order valence-corrected chi connectivity index (χ4v) is 8.76. The first-order valence-electron chi connectivity index (χ1n) is 18.6. The largest absolute Gasteiger partial charge is 0.456 e. The van der Waals surface area contributed by atoms with E-state index in [0.717, 1.165) is 72.1 Å². The van der Waals surface area contributed by atoms with Gasteiger partial charge in [0.05, 0.1) is 0 Å². The molecule has 3 heteroatoms. The molecular formula is C51H35NO2. The molecule has 11 rings (SSSR count). The summed E-state index contributed by atoms with van der Waals surface area (Å²) >= 11 is 0. The van der Waals surface area contributed by atoms with E-state index in [4.69, 9.17) is 8.83 Å². The smallest absolute Gasteiger partial charge is 0.143 e. The Morgan fingerprint density at radius 1 is 0.370 bits per heavy atom. The van der Waals surface area contributed by atoms with Gasteiger partial charge in [-0.1, -0.05) is 129 Å². The van der Waals surface area contributed by atoms with E-state index in [1.165, 1.54) is 33.4 Å². The third kappa shape index (κ3) is 4.61. The van der Waals surface area contributed by atoms with Gasteiger partial charge in [0, 0.05) is 49.6 Å². The first-order chi connectivity index (χ1) is 26.5. The Labute approximate surface area is 313 Å². The highest BCUT2D eigenvalue weighted by Gasteiger charge is 2.36. The summed E-state index contributed by atoms with van der Waals surface area (Å²) in [4.78, 5) is 2.41. The fourth-order valence-electron chi connectivity index (χ4n) is 8.76. The van der Waals surface area contributed by atoms with E-state index in [9.17, 15) is 0 Å². The molecule has 0 unspecified atom stereocenters. The number of benzene rings is 8. The average Bonchev–Trinajstić information content (AvgIpc) is 3.86. The summed E-state index contributed by atoms with van der Waals surface area (Å²) in [6.45, 7) is 4.69. The lowest BCUT2D eigenvalue weighted by molar-refractivity contribution is 0.660. The summed E-state index contributed by atoms with van der Waals surface area (Å²) in [5.74, 6) is 0. The molecule has 2 aromatic heterocycles. The second kappa shape index (κ2) is 11.6. The topological polar surface area (TPSA) is 29.5 Å². The molecule has 256 valence electrons. The van der Waals surface area contributed by atoms with E-state index in [-0.39, 0.29) is 5.41 Å². The number of hydrogen-bond donors (Lipinski definition) is 0. The maximum absolute atomic E-state index is 6.71. The number of fused-ring (bicyclic) bond motifs is 9. The highest BCUT2D eigenvalue weighted by Crippen LogP contribution is 2.51. The Balaban J connectivity index is 1.16. The van der Waals surface area contributed by atoms with Gasteiger partial charge in [0.2, 0.25) is 0 Å². The zero-order valence-electron chi connectivity index (χ0n) is 30.0. The number of anilines is 3. The molecule has 0 spiro atoms. The van der Waals surface area contributed by atoms with Gasteiger partial charge in [-0.05, 0) is 99.6 Å². The van der Waals surface area contributed by atoms with Crippen LogP contribution in [-0.4, -0.2) is 0 Å². The van der Waals surface area contributed by atoms with Crippen LogP contribution < -0.4 is 4.90 Å². The molecule has 0 fully saturated rings. The Kier molecular flexibility index (Phi) is 6.60. The highest BCUT2D eigenvalue weighted by atomic mass is 16.3. The van der Waals surface area contributed by atoms with Gasteiger partial charge >= 0.3 is 0 Å². The molecule has 3 nitrogen and oxygen atoms in total. The van der Waals surface area contributed by atoms with Crippen molar-refractivity contribution in [3.63, 3.8) is 0 Å². The second-order valence-electron chi connectivity index (χ2n) is 14.9. The Morgan fingerprint density at radius 3 is 1.80 bits per heavy atom. The zero-order valence-corrected chi connectivity index (χ0v) is 30.0. The first kappa shape index (κ1) is 30.8. The molecule has 0 N–H and O–H groups in total. The molecule has 54 heavy (non-hydrogen) atoms. The molecule has 2 heterocycles. The van der Waals surface area contributed by atoms with E-state index in [0.29, 0.717) is 0 Å². The molecule has 0 saturated heterocycles. The van der Waals surface area contributed by atoms with Gasteiger partial charge in [-0.25, -0.2) is 0 Å². The van der Waals surface area contributed by atoms with Crippen LogP contribution in [0, 0.1) is 0 Å². The molecule has 1 aliphatic carbocycles. The molecule has 1 aliphatic rings. The molecule has 0 saturated carbocycles. The van der Waals surface area contributed by atoms with Crippen LogP contribution in [0.5, 0.6) is 0 Å². The summed E-state index contributed by atoms with van der Waals surface area (Å²) in [7, 11) is 0. The molecular weight excluding hydrogens is 659 g/mol. The third-order valence-electron chi connectivity index (χ3n) is 11.5. The van der Waals surface area contributed by atoms with Crippen LogP contribution in [-0.2, 0) is 5.41 Å². The number of rotatable bonds is 5. The van der Waals surface area contributed by atoms with Gasteiger partial charge in [0.1, 0.15) is 22.3 Å². The Morgan fingerprint density at radius 2 is 0.981 bits per heavy atom. The van der Waals surface area contributed by atoms with E-state index >= 15 is 0 Å². The van der Waals surface area contributed by atoms with Crippen LogP contribution in [0.25, 0.3) is 77.3 Å². The molecule has 8 aromatic carbocycles. The maximum atomic E-state index is 6.71. The van der Waals surface area contributed by atoms with Crippen molar-refractivity contribution in [2.24, 2.45) is 0 Å². The van der Waals surface area contributed by atoms with Gasteiger partial charge in [0.25, 0.3) is 0 Å². The Bertz CT molecular complexity index is 3070. The van der Waals surface area contributed by atoms with Crippen molar-refractivity contribution in [3.05, 3.63) is 187 Å². The predicted octanol–water partition coefficient (Wildman–Crippen LogP) is 14.6. The normalized spacial score (nSPS) is 13.1. The van der Waals surface area contributed by atoms with Gasteiger partial charge in [-0.2, -0.15) is 0 Å². The molecule has 0 bridgehead atoms. The predicted molar refractivity (Wildman–Crippen MR) is 224 cm³/mol. The van der Waals surface area contributed by atoms with Crippen LogP contribution in [0.2, 0.25) is 0 Å². The molecule has 0 radical (unpaired) electrons. The van der Waals surface area contributed by atoms with Crippen LogP contribution in [0.3, 0.4) is 0 Å². The lowest BCUT2D eigenvalue weighted by atomic mass is 9.82. The van der Waals surface area contributed by atoms with Crippen molar-refractivity contribution in [2.75, 3.05) is 4.90 Å². The van der Waals surface area contributed by atoms with Crippen molar-refractivity contribution >= 4 is 60.9 Å². The number of nitrogens with zero attached hydrogens (tertiary/aromatic N) is 1. The third-order valence-corrected chi connectivity index (χ3v) is 11.5. The molecule has 0 aliphatic heterocycles. The lowest BCUT2D eigenvalue weighted by Crippen LogP contribution is -2.16. The van der Waals surface area contributed by atoms with E-state index in [2.05, 4.69) is 176 Å². The zero-order chi connectivity index (χ0) is 36.0. The van der Waals surface area contributed by atoms with Crippen LogP contribution in [0.4, 0.5) is 17.1 Å². The SMILES string of the molecule is CC1(C)c2ccccc2-c2ccc(N(c3ccc(-c4ccccc4)cc3)c3cc(-c4ccc5oc6ccccc6c5c4)c4oc5ccccc5c4c3)cc21. The van der Waals surface area contributed by atoms with Gasteiger partial charge in [-0.3, -0.25) is 0 Å². The summed E-state index contributed by atoms with van der Waals surface area (Å²) in [5, 5.41) is 4.37. The van der Waals surface area contributed by atoms with Crippen molar-refractivity contribution in [3.8, 4) is 33.4 Å². The van der Waals surface area contributed by atoms with E-state index in [1.54, 1.807) is 0 Å². The molecule has 0 amide bonds. The summed E-state index contributed by atoms with van der Waals surface area (Å²) in [6.07, 6.45) is 0. The second-order valence-corrected chi connectivity index (χ2v) is 14.9. The van der Waals surface area contributed by atoms with E-state index in [1.807, 2.05) is 18.2 Å².